The first-order chi connectivity index (χ1) is 28.2. The van der Waals surface area contributed by atoms with Gasteiger partial charge in [0.25, 0.3) is 0 Å². The molecule has 266 valence electrons. The van der Waals surface area contributed by atoms with Crippen molar-refractivity contribution in [2.75, 3.05) is 0 Å². The van der Waals surface area contributed by atoms with Crippen LogP contribution in [0.25, 0.3) is 104 Å². The van der Waals surface area contributed by atoms with Crippen LogP contribution >= 0.6 is 0 Å². The van der Waals surface area contributed by atoms with Gasteiger partial charge in [-0.05, 0) is 140 Å². The van der Waals surface area contributed by atoms with Crippen LogP contribution in [0.4, 0.5) is 0 Å². The van der Waals surface area contributed by atoms with Gasteiger partial charge in [0.2, 0.25) is 0 Å². The van der Waals surface area contributed by atoms with E-state index in [-0.39, 0.29) is 0 Å². The van der Waals surface area contributed by atoms with E-state index in [1.807, 2.05) is 0 Å². The third-order valence-corrected chi connectivity index (χ3v) is 11.8. The topological polar surface area (TPSA) is 14.8 Å². The summed E-state index contributed by atoms with van der Waals surface area (Å²) in [5, 5.41) is 12.1. The Balaban J connectivity index is 1.21. The number of rotatable bonds is 3. The highest BCUT2D eigenvalue weighted by Gasteiger charge is 2.14. The van der Waals surface area contributed by atoms with Gasteiger partial charge in [-0.15, -0.1) is 0 Å². The highest BCUT2D eigenvalue weighted by Crippen LogP contribution is 2.36. The summed E-state index contributed by atoms with van der Waals surface area (Å²) < 4.78 is 7.21. The van der Waals surface area contributed by atoms with Crippen LogP contribution in [-0.4, -0.2) is 13.7 Å². The van der Waals surface area contributed by atoms with Crippen molar-refractivity contribution in [3.05, 3.63) is 212 Å². The lowest BCUT2D eigenvalue weighted by molar-refractivity contribution is 1.15. The van der Waals surface area contributed by atoms with Crippen LogP contribution in [0, 0.1) is 0 Å². The van der Waals surface area contributed by atoms with Gasteiger partial charge in [-0.1, -0.05) is 115 Å². The second kappa shape index (κ2) is 12.5. The van der Waals surface area contributed by atoms with Crippen molar-refractivity contribution in [2.45, 2.75) is 0 Å². The molecular weight excluding hydrogens is 691 g/mol. The molecule has 0 spiro atoms. The Morgan fingerprint density at radius 2 is 0.702 bits per heavy atom. The Hall–Kier alpha value is -7.62. The van der Waals surface area contributed by atoms with E-state index in [1.54, 1.807) is 0 Å². The molecule has 8 bridgehead atoms. The van der Waals surface area contributed by atoms with Gasteiger partial charge in [0.15, 0.2) is 0 Å². The first-order valence-corrected chi connectivity index (χ1v) is 19.6. The number of fused-ring (bicyclic) bond motifs is 11. The Labute approximate surface area is 328 Å². The van der Waals surface area contributed by atoms with E-state index in [0.29, 0.717) is 0 Å². The van der Waals surface area contributed by atoms with E-state index < -0.39 is 0 Å². The van der Waals surface area contributed by atoms with E-state index >= 15 is 0 Å². The lowest BCUT2D eigenvalue weighted by Crippen LogP contribution is -1.99. The average Bonchev–Trinajstić information content (AvgIpc) is 3.60. The summed E-state index contributed by atoms with van der Waals surface area (Å²) in [5.41, 5.74) is 10.2. The summed E-state index contributed by atoms with van der Waals surface area (Å²) in [6.45, 7) is 0. The lowest BCUT2D eigenvalue weighted by Gasteiger charge is -2.16. The number of nitrogens with zero attached hydrogens (tertiary/aromatic N) is 3. The summed E-state index contributed by atoms with van der Waals surface area (Å²) in [6, 6.07) is 78.1. The van der Waals surface area contributed by atoms with Gasteiger partial charge >= 0.3 is 0 Å². The van der Waals surface area contributed by atoms with E-state index in [1.165, 1.54) is 54.1 Å². The minimum atomic E-state index is 1.10. The molecule has 10 aromatic carbocycles. The average molecular weight is 726 g/mol. The van der Waals surface area contributed by atoms with E-state index in [0.717, 1.165) is 49.9 Å². The fraction of sp³-hybridized carbons (Fsp3) is 0. The maximum absolute atomic E-state index is 2.43. The number of benzene rings is 10. The number of para-hydroxylation sites is 2. The molecule has 0 aliphatic rings. The predicted molar refractivity (Wildman–Crippen MR) is 242 cm³/mol. The molecule has 0 aliphatic heterocycles. The summed E-state index contributed by atoms with van der Waals surface area (Å²) in [5.74, 6) is 0. The highest BCUT2D eigenvalue weighted by molar-refractivity contribution is 6.12. The van der Waals surface area contributed by atoms with Crippen molar-refractivity contribution < 1.29 is 0 Å². The molecule has 0 amide bonds. The summed E-state index contributed by atoms with van der Waals surface area (Å²) in [6.07, 6.45) is 0. The van der Waals surface area contributed by atoms with Gasteiger partial charge in [-0.25, -0.2) is 0 Å². The molecule has 0 saturated carbocycles. The van der Waals surface area contributed by atoms with Crippen LogP contribution in [0.15, 0.2) is 212 Å². The highest BCUT2D eigenvalue weighted by atomic mass is 15.0. The van der Waals surface area contributed by atoms with Gasteiger partial charge in [0.1, 0.15) is 0 Å². The molecule has 0 saturated heterocycles. The molecule has 3 heteroatoms. The number of hydrogen-bond acceptors (Lipinski definition) is 0. The minimum absolute atomic E-state index is 1.10. The molecule has 12 rings (SSSR count). The molecule has 0 aliphatic carbocycles. The predicted octanol–water partition coefficient (Wildman–Crippen LogP) is 14.4. The van der Waals surface area contributed by atoms with Crippen LogP contribution in [0.2, 0.25) is 0 Å². The largest absolute Gasteiger partial charge is 0.310 e. The molecule has 2 heterocycles. The van der Waals surface area contributed by atoms with Crippen LogP contribution in [0.1, 0.15) is 0 Å². The van der Waals surface area contributed by atoms with E-state index in [2.05, 4.69) is 226 Å². The summed E-state index contributed by atoms with van der Waals surface area (Å²) >= 11 is 0. The molecule has 12 aromatic rings. The zero-order chi connectivity index (χ0) is 37.5. The second-order valence-electron chi connectivity index (χ2n) is 15.1. The quantitative estimate of drug-likeness (QED) is 0.161. The third kappa shape index (κ3) is 5.06. The van der Waals surface area contributed by atoms with Crippen molar-refractivity contribution in [3.8, 4) is 17.1 Å². The number of aromatic nitrogens is 3. The van der Waals surface area contributed by atoms with E-state index in [9.17, 15) is 0 Å². The zero-order valence-electron chi connectivity index (χ0n) is 31.0. The molecule has 2 aromatic heterocycles. The second-order valence-corrected chi connectivity index (χ2v) is 15.1. The lowest BCUT2D eigenvalue weighted by atomic mass is 10.0. The molecule has 57 heavy (non-hydrogen) atoms. The Morgan fingerprint density at radius 3 is 1.40 bits per heavy atom. The first kappa shape index (κ1) is 31.7. The molecule has 0 radical (unpaired) electrons. The minimum Gasteiger partial charge on any atom is -0.310 e. The molecule has 0 fully saturated rings. The molecule has 0 atom stereocenters. The molecule has 0 unspecified atom stereocenters. The van der Waals surface area contributed by atoms with Crippen LogP contribution in [0.3, 0.4) is 0 Å². The number of hydrogen-bond donors (Lipinski definition) is 0. The fourth-order valence-corrected chi connectivity index (χ4v) is 9.12. The smallest absolute Gasteiger partial charge is 0.0542 e. The van der Waals surface area contributed by atoms with Crippen LogP contribution in [-0.2, 0) is 0 Å². The van der Waals surface area contributed by atoms with Crippen molar-refractivity contribution in [2.24, 2.45) is 0 Å². The molecule has 3 nitrogen and oxygen atoms in total. The van der Waals surface area contributed by atoms with Crippen LogP contribution in [0.5, 0.6) is 0 Å². The summed E-state index contributed by atoms with van der Waals surface area (Å²) in [4.78, 5) is 0. The van der Waals surface area contributed by atoms with Crippen molar-refractivity contribution in [1.29, 1.82) is 0 Å². The van der Waals surface area contributed by atoms with Gasteiger partial charge in [0.05, 0.1) is 11.0 Å². The Morgan fingerprint density at radius 1 is 0.211 bits per heavy atom. The van der Waals surface area contributed by atoms with Gasteiger partial charge in [-0.3, -0.25) is 0 Å². The van der Waals surface area contributed by atoms with Gasteiger partial charge in [-0.2, -0.15) is 0 Å². The Kier molecular flexibility index (Phi) is 6.93. The monoisotopic (exact) mass is 725 g/mol. The molecule has 0 N–H and O–H groups in total. The molecular formula is C54H35N3. The summed E-state index contributed by atoms with van der Waals surface area (Å²) in [7, 11) is 0. The van der Waals surface area contributed by atoms with Gasteiger partial charge < -0.3 is 13.7 Å². The van der Waals surface area contributed by atoms with Gasteiger partial charge in [0, 0.05) is 49.9 Å². The Bertz CT molecular complexity index is 3640. The normalized spacial score (nSPS) is 11.9. The van der Waals surface area contributed by atoms with Crippen molar-refractivity contribution in [3.63, 3.8) is 0 Å². The third-order valence-electron chi connectivity index (χ3n) is 11.8. The maximum Gasteiger partial charge on any atom is 0.0542 e. The standard InChI is InChI=1S/C54H35N3/c1-2-14-42(15-3-1)57-53-19-7-6-18-49(53)52-35-48(28-29-54(52)57)56-44-17-9-13-41(32-44)40-12-8-16-43(31-40)55(45-25-22-36-10-4-5-11-39(36)30-45)46-26-23-37-20-21-38-24-27-47(56)34-51(38)50(37)33-46/h1-35H. The zero-order valence-corrected chi connectivity index (χ0v) is 31.0. The van der Waals surface area contributed by atoms with E-state index in [4.69, 9.17) is 0 Å². The van der Waals surface area contributed by atoms with Crippen LogP contribution < -0.4 is 0 Å². The SMILES string of the molecule is c1ccc(-n2c3ccccc3c3cc(-n4c5cccc(c5)c5cccc(c5)n(-c5ccc6ccccc6c5)c5ccc6ccc7ccc4cc7c6c5)ccc32)cc1. The fourth-order valence-electron chi connectivity index (χ4n) is 9.12. The van der Waals surface area contributed by atoms with Crippen molar-refractivity contribution >= 4 is 87.0 Å². The maximum atomic E-state index is 2.43. The van der Waals surface area contributed by atoms with Crippen molar-refractivity contribution in [1.82, 2.24) is 13.7 Å². The first-order valence-electron chi connectivity index (χ1n) is 19.6.